The molecule has 0 saturated carbocycles. The number of carbonyl (C=O) groups excluding carboxylic acids is 1. The molecule has 0 aromatic heterocycles. The zero-order valence-electron chi connectivity index (χ0n) is 9.81. The molecule has 1 unspecified atom stereocenters. The summed E-state index contributed by atoms with van der Waals surface area (Å²) in [7, 11) is 0. The first kappa shape index (κ1) is 13.7. The lowest BCUT2D eigenvalue weighted by Crippen LogP contribution is -2.11. The van der Waals surface area contributed by atoms with Crippen LogP contribution in [-0.2, 0) is 0 Å². The van der Waals surface area contributed by atoms with Crippen LogP contribution in [0.15, 0.2) is 48.5 Å². The third-order valence-electron chi connectivity index (χ3n) is 2.70. The van der Waals surface area contributed by atoms with E-state index in [1.165, 1.54) is 18.2 Å². The van der Waals surface area contributed by atoms with Crippen LogP contribution in [0.4, 0.5) is 4.39 Å². The molecule has 0 aliphatic rings. The van der Waals surface area contributed by atoms with Gasteiger partial charge in [-0.15, -0.1) is 0 Å². The fourth-order valence-electron chi connectivity index (χ4n) is 1.75. The lowest BCUT2D eigenvalue weighted by molar-refractivity contribution is 0.0979. The number of nitriles is 1. The summed E-state index contributed by atoms with van der Waals surface area (Å²) in [6, 6.07) is 14.5. The van der Waals surface area contributed by atoms with Crippen LogP contribution in [-0.4, -0.2) is 5.78 Å². The smallest absolute Gasteiger partial charge is 0.184 e. The molecule has 0 radical (unpaired) electrons. The molecule has 2 nitrogen and oxygen atoms in total. The van der Waals surface area contributed by atoms with E-state index in [9.17, 15) is 9.18 Å². The fraction of sp³-hybridized carbons (Fsp3) is 0.0667. The Labute approximate surface area is 124 Å². The second-order valence-corrected chi connectivity index (χ2v) is 5.23. The van der Waals surface area contributed by atoms with E-state index in [1.54, 1.807) is 30.3 Å². The zero-order valence-corrected chi connectivity index (χ0v) is 12.0. The van der Waals surface area contributed by atoms with Crippen LogP contribution < -0.4 is 0 Å². The molecule has 2 aromatic carbocycles. The van der Waals surface area contributed by atoms with Crippen LogP contribution in [0.5, 0.6) is 0 Å². The standard InChI is InChI=1S/C15H9FINO/c16-12-3-1-2-11(8-12)14(9-18)15(19)10-4-6-13(17)7-5-10/h1-8,14H. The molecule has 0 N–H and O–H groups in total. The van der Waals surface area contributed by atoms with Gasteiger partial charge in [-0.25, -0.2) is 4.39 Å². The van der Waals surface area contributed by atoms with Gasteiger partial charge < -0.3 is 0 Å². The molecule has 0 bridgehead atoms. The SMILES string of the molecule is N#CC(C(=O)c1ccc(I)cc1)c1cccc(F)c1. The average Bonchev–Trinajstić information content (AvgIpc) is 2.40. The number of nitrogens with zero attached hydrogens (tertiary/aromatic N) is 1. The summed E-state index contributed by atoms with van der Waals surface area (Å²) in [5, 5.41) is 9.16. The zero-order chi connectivity index (χ0) is 13.8. The van der Waals surface area contributed by atoms with E-state index in [4.69, 9.17) is 5.26 Å². The minimum absolute atomic E-state index is 0.315. The molecule has 0 heterocycles. The van der Waals surface area contributed by atoms with Crippen LogP contribution in [0.25, 0.3) is 0 Å². The predicted molar refractivity (Wildman–Crippen MR) is 78.2 cm³/mol. The first-order valence-electron chi connectivity index (χ1n) is 5.56. The Morgan fingerprint density at radius 1 is 1.21 bits per heavy atom. The molecule has 0 aliphatic heterocycles. The first-order valence-corrected chi connectivity index (χ1v) is 6.64. The highest BCUT2D eigenvalue weighted by Gasteiger charge is 2.21. The quantitative estimate of drug-likeness (QED) is 0.611. The molecule has 2 rings (SSSR count). The van der Waals surface area contributed by atoms with Gasteiger partial charge in [0.1, 0.15) is 11.7 Å². The van der Waals surface area contributed by atoms with Crippen molar-refractivity contribution in [3.05, 3.63) is 69.0 Å². The molecule has 2 aromatic rings. The number of ketones is 1. The second kappa shape index (κ2) is 5.93. The number of hydrogen-bond acceptors (Lipinski definition) is 2. The summed E-state index contributed by atoms with van der Waals surface area (Å²) in [5.41, 5.74) is 0.835. The maximum atomic E-state index is 13.2. The summed E-state index contributed by atoms with van der Waals surface area (Å²) in [6.45, 7) is 0. The van der Waals surface area contributed by atoms with Crippen molar-refractivity contribution >= 4 is 28.4 Å². The summed E-state index contributed by atoms with van der Waals surface area (Å²) < 4.78 is 14.2. The lowest BCUT2D eigenvalue weighted by Gasteiger charge is -2.08. The number of rotatable bonds is 3. The largest absolute Gasteiger partial charge is 0.292 e. The molecular weight excluding hydrogens is 356 g/mol. The van der Waals surface area contributed by atoms with E-state index in [0.29, 0.717) is 11.1 Å². The Morgan fingerprint density at radius 2 is 1.89 bits per heavy atom. The third-order valence-corrected chi connectivity index (χ3v) is 3.42. The van der Waals surface area contributed by atoms with E-state index in [1.807, 2.05) is 6.07 Å². The molecule has 0 saturated heterocycles. The Morgan fingerprint density at radius 3 is 2.47 bits per heavy atom. The van der Waals surface area contributed by atoms with E-state index < -0.39 is 11.7 Å². The van der Waals surface area contributed by atoms with Crippen molar-refractivity contribution in [2.45, 2.75) is 5.92 Å². The topological polar surface area (TPSA) is 40.9 Å². The number of carbonyl (C=O) groups is 1. The van der Waals surface area contributed by atoms with Crippen LogP contribution in [0, 0.1) is 20.7 Å². The van der Waals surface area contributed by atoms with Gasteiger partial charge in [0.25, 0.3) is 0 Å². The maximum absolute atomic E-state index is 13.2. The van der Waals surface area contributed by atoms with Gasteiger partial charge in [-0.2, -0.15) is 5.26 Å². The van der Waals surface area contributed by atoms with Crippen molar-refractivity contribution in [2.75, 3.05) is 0 Å². The molecule has 4 heteroatoms. The van der Waals surface area contributed by atoms with Crippen LogP contribution in [0.1, 0.15) is 21.8 Å². The van der Waals surface area contributed by atoms with Gasteiger partial charge in [-0.1, -0.05) is 24.3 Å². The highest BCUT2D eigenvalue weighted by molar-refractivity contribution is 14.1. The monoisotopic (exact) mass is 365 g/mol. The van der Waals surface area contributed by atoms with Crippen molar-refractivity contribution in [1.29, 1.82) is 5.26 Å². The van der Waals surface area contributed by atoms with Crippen molar-refractivity contribution < 1.29 is 9.18 Å². The van der Waals surface area contributed by atoms with E-state index in [0.717, 1.165) is 3.57 Å². The summed E-state index contributed by atoms with van der Waals surface area (Å²) >= 11 is 2.14. The van der Waals surface area contributed by atoms with Gasteiger partial charge in [0, 0.05) is 9.13 Å². The molecule has 0 spiro atoms. The summed E-state index contributed by atoms with van der Waals surface area (Å²) in [5.74, 6) is -1.74. The van der Waals surface area contributed by atoms with E-state index in [-0.39, 0.29) is 5.78 Å². The molecule has 1 atom stereocenters. The number of benzene rings is 2. The van der Waals surface area contributed by atoms with Gasteiger partial charge in [-0.05, 0) is 52.4 Å². The first-order chi connectivity index (χ1) is 9.11. The van der Waals surface area contributed by atoms with Gasteiger partial charge in [0.15, 0.2) is 5.78 Å². The number of Topliss-reactive ketones (excluding diaryl/α,β-unsaturated/α-hetero) is 1. The Kier molecular flexibility index (Phi) is 4.27. The van der Waals surface area contributed by atoms with Crippen molar-refractivity contribution in [3.63, 3.8) is 0 Å². The van der Waals surface area contributed by atoms with Crippen LogP contribution in [0.2, 0.25) is 0 Å². The third kappa shape index (κ3) is 3.18. The lowest BCUT2D eigenvalue weighted by atomic mass is 9.92. The molecule has 0 fully saturated rings. The van der Waals surface area contributed by atoms with Crippen molar-refractivity contribution in [1.82, 2.24) is 0 Å². The van der Waals surface area contributed by atoms with Crippen LogP contribution in [0.3, 0.4) is 0 Å². The molecule has 0 amide bonds. The van der Waals surface area contributed by atoms with Crippen molar-refractivity contribution in [2.24, 2.45) is 0 Å². The summed E-state index contributed by atoms with van der Waals surface area (Å²) in [4.78, 5) is 12.3. The second-order valence-electron chi connectivity index (χ2n) is 3.99. The Balaban J connectivity index is 2.35. The molecule has 0 aliphatic carbocycles. The Hall–Kier alpha value is -1.74. The number of hydrogen-bond donors (Lipinski definition) is 0. The predicted octanol–water partition coefficient (Wildman–Crippen LogP) is 3.92. The number of halogens is 2. The highest BCUT2D eigenvalue weighted by atomic mass is 127. The van der Waals surface area contributed by atoms with E-state index in [2.05, 4.69) is 22.6 Å². The van der Waals surface area contributed by atoms with E-state index >= 15 is 0 Å². The van der Waals surface area contributed by atoms with Gasteiger partial charge in [0.05, 0.1) is 6.07 Å². The molecular formula is C15H9FINO. The summed E-state index contributed by atoms with van der Waals surface area (Å²) in [6.07, 6.45) is 0. The van der Waals surface area contributed by atoms with Crippen LogP contribution >= 0.6 is 22.6 Å². The van der Waals surface area contributed by atoms with Gasteiger partial charge in [0.2, 0.25) is 0 Å². The van der Waals surface area contributed by atoms with Gasteiger partial charge >= 0.3 is 0 Å². The molecule has 19 heavy (non-hydrogen) atoms. The Bertz CT molecular complexity index is 646. The highest BCUT2D eigenvalue weighted by Crippen LogP contribution is 2.21. The molecule has 94 valence electrons. The van der Waals surface area contributed by atoms with Crippen molar-refractivity contribution in [3.8, 4) is 6.07 Å². The average molecular weight is 365 g/mol. The minimum Gasteiger partial charge on any atom is -0.292 e. The maximum Gasteiger partial charge on any atom is 0.184 e. The fourth-order valence-corrected chi connectivity index (χ4v) is 2.11. The van der Waals surface area contributed by atoms with Gasteiger partial charge in [-0.3, -0.25) is 4.79 Å². The normalized spacial score (nSPS) is 11.6. The minimum atomic E-state index is -0.976.